The van der Waals surface area contributed by atoms with Crippen molar-refractivity contribution in [3.8, 4) is 16.8 Å². The minimum Gasteiger partial charge on any atom is -0.309 e. The maximum atomic E-state index is 2.53. The lowest BCUT2D eigenvalue weighted by molar-refractivity contribution is 0.660. The van der Waals surface area contributed by atoms with Crippen LogP contribution in [0.2, 0.25) is 39.3 Å². The Balaban J connectivity index is 1.20. The molecule has 0 saturated carbocycles. The van der Waals surface area contributed by atoms with E-state index in [4.69, 9.17) is 0 Å². The van der Waals surface area contributed by atoms with Gasteiger partial charge in [0.05, 0.1) is 38.6 Å². The van der Waals surface area contributed by atoms with E-state index in [-0.39, 0.29) is 5.41 Å². The number of fused-ring (bicyclic) bond motifs is 9. The van der Waals surface area contributed by atoms with E-state index in [0.717, 1.165) is 5.69 Å². The quantitative estimate of drug-likeness (QED) is 0.153. The van der Waals surface area contributed by atoms with E-state index in [2.05, 4.69) is 220 Å². The summed E-state index contributed by atoms with van der Waals surface area (Å²) in [5.41, 5.74) is 12.5. The second-order valence-electron chi connectivity index (χ2n) is 18.7. The number of hydrogen-bond donors (Lipinski definition) is 0. The average molecular weight is 771 g/mol. The van der Waals surface area contributed by atoms with Crippen molar-refractivity contribution in [1.82, 2.24) is 4.57 Å². The highest BCUT2D eigenvalue weighted by Crippen LogP contribution is 2.55. The SMILES string of the molecule is CC1(C)c2cc(-n3c4ccc([Si](C)(C)C)cc4c4cc([Si](C)(C)C)ccc43)ccc2-c2c1cc(N(c1ccccc1)c1cccc3ccccc13)c1ccccc21. The fraction of sp³-hybridized carbons (Fsp3) is 0.170. The molecule has 0 unspecified atom stereocenters. The highest BCUT2D eigenvalue weighted by atomic mass is 28.3. The lowest BCUT2D eigenvalue weighted by atomic mass is 9.81. The molecule has 0 bridgehead atoms. The first-order valence-corrected chi connectivity index (χ1v) is 27.4. The van der Waals surface area contributed by atoms with Crippen molar-refractivity contribution in [2.45, 2.75) is 58.5 Å². The maximum Gasteiger partial charge on any atom is 0.0776 e. The van der Waals surface area contributed by atoms with Crippen LogP contribution in [0.5, 0.6) is 0 Å². The van der Waals surface area contributed by atoms with Gasteiger partial charge < -0.3 is 9.47 Å². The van der Waals surface area contributed by atoms with Gasteiger partial charge in [0.2, 0.25) is 0 Å². The van der Waals surface area contributed by atoms with Gasteiger partial charge in [0.1, 0.15) is 0 Å². The normalized spacial score (nSPS) is 13.8. The minimum atomic E-state index is -1.52. The van der Waals surface area contributed by atoms with Gasteiger partial charge in [-0.2, -0.15) is 0 Å². The monoisotopic (exact) mass is 770 g/mol. The Morgan fingerprint density at radius 3 is 1.68 bits per heavy atom. The fourth-order valence-corrected chi connectivity index (χ4v) is 11.8. The van der Waals surface area contributed by atoms with Crippen molar-refractivity contribution in [2.24, 2.45) is 0 Å². The standard InChI is InChI=1S/C53H50N2Si2/c1-53(2)46-31-37(55-49-29-26-38(56(3,4)5)32-44(49)45-33-39(57(6,7)8)27-30-50(45)55)25-28-43(46)52-42-23-15-14-22-41(42)51(34-47(52)53)54(36-19-10-9-11-20-36)48-24-16-18-35-17-12-13-21-40(35)48/h9-34H,1-8H3. The van der Waals surface area contributed by atoms with Crippen molar-refractivity contribution in [1.29, 1.82) is 0 Å². The van der Waals surface area contributed by atoms with Gasteiger partial charge >= 0.3 is 0 Å². The smallest absolute Gasteiger partial charge is 0.0776 e. The number of anilines is 3. The molecular formula is C53H50N2Si2. The fourth-order valence-electron chi connectivity index (χ4n) is 9.50. The van der Waals surface area contributed by atoms with E-state index in [1.54, 1.807) is 0 Å². The highest BCUT2D eigenvalue weighted by molar-refractivity contribution is 6.89. The summed E-state index contributed by atoms with van der Waals surface area (Å²) in [6.45, 7) is 19.6. The third-order valence-corrected chi connectivity index (χ3v) is 16.7. The second kappa shape index (κ2) is 12.7. The second-order valence-corrected chi connectivity index (χ2v) is 28.8. The molecule has 1 aliphatic rings. The van der Waals surface area contributed by atoms with Gasteiger partial charge in [-0.25, -0.2) is 0 Å². The van der Waals surface area contributed by atoms with Gasteiger partial charge in [0, 0.05) is 38.3 Å². The zero-order valence-electron chi connectivity index (χ0n) is 34.4. The number of para-hydroxylation sites is 1. The minimum absolute atomic E-state index is 0.241. The van der Waals surface area contributed by atoms with Crippen molar-refractivity contribution in [2.75, 3.05) is 4.90 Å². The molecule has 57 heavy (non-hydrogen) atoms. The van der Waals surface area contributed by atoms with Crippen molar-refractivity contribution in [3.05, 3.63) is 169 Å². The molecule has 9 aromatic rings. The molecule has 280 valence electrons. The van der Waals surface area contributed by atoms with E-state index >= 15 is 0 Å². The zero-order valence-corrected chi connectivity index (χ0v) is 36.4. The van der Waals surface area contributed by atoms with Crippen LogP contribution in [0.25, 0.3) is 60.2 Å². The molecule has 0 atom stereocenters. The highest BCUT2D eigenvalue weighted by Gasteiger charge is 2.38. The predicted octanol–water partition coefficient (Wildman–Crippen LogP) is 14.0. The first-order valence-electron chi connectivity index (χ1n) is 20.4. The maximum absolute atomic E-state index is 2.53. The van der Waals surface area contributed by atoms with Crippen LogP contribution < -0.4 is 15.3 Å². The van der Waals surface area contributed by atoms with Crippen LogP contribution in [0.1, 0.15) is 25.0 Å². The Kier molecular flexibility index (Phi) is 7.93. The molecule has 1 heterocycles. The van der Waals surface area contributed by atoms with Gasteiger partial charge in [-0.05, 0) is 81.6 Å². The van der Waals surface area contributed by atoms with Crippen LogP contribution >= 0.6 is 0 Å². The third-order valence-electron chi connectivity index (χ3n) is 12.7. The summed E-state index contributed by atoms with van der Waals surface area (Å²) in [4.78, 5) is 2.48. The topological polar surface area (TPSA) is 8.17 Å². The molecule has 0 saturated heterocycles. The molecule has 10 rings (SSSR count). The van der Waals surface area contributed by atoms with E-state index in [1.807, 2.05) is 0 Å². The Morgan fingerprint density at radius 2 is 1.04 bits per heavy atom. The van der Waals surface area contributed by atoms with E-state index in [1.165, 1.54) is 93.0 Å². The van der Waals surface area contributed by atoms with Crippen molar-refractivity contribution in [3.63, 3.8) is 0 Å². The number of aromatic nitrogens is 1. The van der Waals surface area contributed by atoms with Gasteiger partial charge in [-0.1, -0.05) is 173 Å². The Morgan fingerprint density at radius 1 is 0.456 bits per heavy atom. The molecule has 0 aliphatic heterocycles. The molecule has 2 nitrogen and oxygen atoms in total. The average Bonchev–Trinajstić information content (AvgIpc) is 3.65. The summed E-state index contributed by atoms with van der Waals surface area (Å²) in [7, 11) is -3.05. The number of nitrogens with zero attached hydrogens (tertiary/aromatic N) is 2. The molecule has 0 N–H and O–H groups in total. The van der Waals surface area contributed by atoms with Gasteiger partial charge in [0.25, 0.3) is 0 Å². The van der Waals surface area contributed by atoms with E-state index in [9.17, 15) is 0 Å². The van der Waals surface area contributed by atoms with Crippen molar-refractivity contribution < 1.29 is 0 Å². The summed E-state index contributed by atoms with van der Waals surface area (Å²) in [5.74, 6) is 0. The molecular weight excluding hydrogens is 721 g/mol. The van der Waals surface area contributed by atoms with Crippen molar-refractivity contribution >= 4 is 86.9 Å². The molecule has 0 amide bonds. The summed E-state index contributed by atoms with van der Waals surface area (Å²) in [5, 5.41) is 10.8. The molecule has 1 aromatic heterocycles. The van der Waals surface area contributed by atoms with Crippen LogP contribution in [-0.4, -0.2) is 20.7 Å². The molecule has 8 aromatic carbocycles. The van der Waals surface area contributed by atoms with Gasteiger partial charge in [-0.3, -0.25) is 0 Å². The molecule has 1 aliphatic carbocycles. The van der Waals surface area contributed by atoms with E-state index < -0.39 is 16.1 Å². The zero-order chi connectivity index (χ0) is 39.4. The van der Waals surface area contributed by atoms with Crippen LogP contribution in [0, 0.1) is 0 Å². The molecule has 4 heteroatoms. The lowest BCUT2D eigenvalue weighted by Crippen LogP contribution is -2.37. The first kappa shape index (κ1) is 35.7. The van der Waals surface area contributed by atoms with Crippen LogP contribution in [-0.2, 0) is 5.41 Å². The Hall–Kier alpha value is -5.69. The summed E-state index contributed by atoms with van der Waals surface area (Å²) < 4.78 is 2.53. The third kappa shape index (κ3) is 5.56. The Labute approximate surface area is 339 Å². The molecule has 0 spiro atoms. The van der Waals surface area contributed by atoms with Crippen LogP contribution in [0.4, 0.5) is 17.1 Å². The first-order chi connectivity index (χ1) is 27.3. The van der Waals surface area contributed by atoms with E-state index in [0.29, 0.717) is 0 Å². The molecule has 0 fully saturated rings. The lowest BCUT2D eigenvalue weighted by Gasteiger charge is -2.30. The largest absolute Gasteiger partial charge is 0.309 e. The predicted molar refractivity (Wildman–Crippen MR) is 254 cm³/mol. The van der Waals surface area contributed by atoms with Crippen LogP contribution in [0.15, 0.2) is 158 Å². The van der Waals surface area contributed by atoms with Gasteiger partial charge in [0.15, 0.2) is 0 Å². The summed E-state index contributed by atoms with van der Waals surface area (Å²) in [6.07, 6.45) is 0. The summed E-state index contributed by atoms with van der Waals surface area (Å²) in [6, 6.07) is 59.8. The summed E-state index contributed by atoms with van der Waals surface area (Å²) >= 11 is 0. The number of rotatable bonds is 6. The number of hydrogen-bond acceptors (Lipinski definition) is 1. The number of benzene rings is 8. The molecule has 0 radical (unpaired) electrons. The van der Waals surface area contributed by atoms with Crippen LogP contribution in [0.3, 0.4) is 0 Å². The van der Waals surface area contributed by atoms with Gasteiger partial charge in [-0.15, -0.1) is 0 Å². The Bertz CT molecular complexity index is 2990.